The first kappa shape index (κ1) is 22.4. The fourth-order valence-electron chi connectivity index (χ4n) is 4.16. The summed E-state index contributed by atoms with van der Waals surface area (Å²) in [6.45, 7) is 1.91. The number of imidazole rings is 1. The van der Waals surface area contributed by atoms with E-state index in [1.807, 2.05) is 6.92 Å². The topological polar surface area (TPSA) is 109 Å². The molecule has 3 N–H and O–H groups in total. The monoisotopic (exact) mass is 481 g/mol. The molecular weight excluding hydrogens is 458 g/mol. The van der Waals surface area contributed by atoms with Gasteiger partial charge < -0.3 is 15.4 Å². The third-order valence-corrected chi connectivity index (χ3v) is 6.21. The standard InChI is InChI=1S/C21H23F4N7O2/c1-20(5-6-20)29-19(33)34-14-3-2-12(17(14)22)13-8-15(31-30-13)28-18-26-7-4-16-27-11(10-32(16)18)9-21(23,24)25/h4,7-8,10,12,14,17H,2-3,5-6,9H2,1H3,(H,29,33)(H2,26,28,30,31)/t12-,14-,17-/m1/s1. The number of alkyl halides is 4. The number of hydrogen-bond acceptors (Lipinski definition) is 6. The molecule has 0 unspecified atom stereocenters. The molecule has 2 aliphatic rings. The number of ether oxygens (including phenoxy) is 1. The number of alkyl carbamates (subject to hydrolysis) is 1. The Morgan fingerprint density at radius 3 is 2.88 bits per heavy atom. The molecule has 5 rings (SSSR count). The molecule has 1 amide bonds. The molecule has 0 aromatic carbocycles. The molecule has 0 spiro atoms. The molecule has 34 heavy (non-hydrogen) atoms. The van der Waals surface area contributed by atoms with Crippen LogP contribution in [0.25, 0.3) is 5.65 Å². The Balaban J connectivity index is 1.25. The Labute approximate surface area is 191 Å². The van der Waals surface area contributed by atoms with Gasteiger partial charge in [0.1, 0.15) is 17.9 Å². The van der Waals surface area contributed by atoms with Gasteiger partial charge in [0.15, 0.2) is 5.82 Å². The van der Waals surface area contributed by atoms with Crippen molar-refractivity contribution in [1.29, 1.82) is 0 Å². The Bertz CT molecular complexity index is 1200. The van der Waals surface area contributed by atoms with Crippen molar-refractivity contribution in [1.82, 2.24) is 29.9 Å². The molecule has 3 heterocycles. The van der Waals surface area contributed by atoms with E-state index in [2.05, 4.69) is 30.8 Å². The van der Waals surface area contributed by atoms with E-state index >= 15 is 4.39 Å². The summed E-state index contributed by atoms with van der Waals surface area (Å²) >= 11 is 0. The number of hydrogen-bond donors (Lipinski definition) is 3. The van der Waals surface area contributed by atoms with Crippen LogP contribution >= 0.6 is 0 Å². The highest BCUT2D eigenvalue weighted by Gasteiger charge is 2.43. The number of anilines is 2. The van der Waals surface area contributed by atoms with E-state index in [9.17, 15) is 18.0 Å². The van der Waals surface area contributed by atoms with Gasteiger partial charge in [-0.15, -0.1) is 0 Å². The minimum absolute atomic E-state index is 0.136. The Hall–Kier alpha value is -3.38. The Morgan fingerprint density at radius 1 is 1.35 bits per heavy atom. The van der Waals surface area contributed by atoms with E-state index in [0.717, 1.165) is 12.8 Å². The zero-order valence-electron chi connectivity index (χ0n) is 18.2. The van der Waals surface area contributed by atoms with Gasteiger partial charge in [-0.1, -0.05) is 0 Å². The lowest BCUT2D eigenvalue weighted by Crippen LogP contribution is -2.38. The Morgan fingerprint density at radius 2 is 2.15 bits per heavy atom. The molecular formula is C21H23F4N7O2. The summed E-state index contributed by atoms with van der Waals surface area (Å²) in [6.07, 6.45) is -3.10. The maximum Gasteiger partial charge on any atom is 0.407 e. The van der Waals surface area contributed by atoms with E-state index in [1.165, 1.54) is 22.9 Å². The van der Waals surface area contributed by atoms with E-state index in [-0.39, 0.29) is 17.2 Å². The second-order valence-electron chi connectivity index (χ2n) is 9.11. The van der Waals surface area contributed by atoms with Crippen LogP contribution in [0.15, 0.2) is 24.5 Å². The molecule has 3 aromatic heterocycles. The van der Waals surface area contributed by atoms with E-state index in [0.29, 0.717) is 30.0 Å². The predicted octanol–water partition coefficient (Wildman–Crippen LogP) is 4.16. The molecule has 9 nitrogen and oxygen atoms in total. The number of carbonyl (C=O) groups excluding carboxylic acids is 1. The van der Waals surface area contributed by atoms with Crippen molar-refractivity contribution >= 4 is 23.5 Å². The summed E-state index contributed by atoms with van der Waals surface area (Å²) in [5.41, 5.74) is 0.435. The molecule has 2 saturated carbocycles. The van der Waals surface area contributed by atoms with Crippen LogP contribution in [0, 0.1) is 0 Å². The van der Waals surface area contributed by atoms with Crippen molar-refractivity contribution in [3.8, 4) is 0 Å². The number of halogens is 4. The number of fused-ring (bicyclic) bond motifs is 1. The first-order valence-electron chi connectivity index (χ1n) is 10.9. The zero-order chi connectivity index (χ0) is 24.1. The quantitative estimate of drug-likeness (QED) is 0.456. The molecule has 2 aliphatic carbocycles. The number of H-pyrrole nitrogens is 1. The minimum Gasteiger partial charge on any atom is -0.443 e. The summed E-state index contributed by atoms with van der Waals surface area (Å²) < 4.78 is 59.9. The number of rotatable bonds is 6. The lowest BCUT2D eigenvalue weighted by molar-refractivity contribution is -0.127. The second-order valence-corrected chi connectivity index (χ2v) is 9.11. The van der Waals surface area contributed by atoms with Gasteiger partial charge >= 0.3 is 12.3 Å². The minimum atomic E-state index is -4.38. The van der Waals surface area contributed by atoms with Crippen LogP contribution in [0.2, 0.25) is 0 Å². The lowest BCUT2D eigenvalue weighted by atomic mass is 10.0. The van der Waals surface area contributed by atoms with Gasteiger partial charge in [-0.05, 0) is 38.7 Å². The average Bonchev–Trinajstić information content (AvgIpc) is 3.10. The van der Waals surface area contributed by atoms with Crippen molar-refractivity contribution in [3.63, 3.8) is 0 Å². The predicted molar refractivity (Wildman–Crippen MR) is 113 cm³/mol. The average molecular weight is 481 g/mol. The van der Waals surface area contributed by atoms with Crippen molar-refractivity contribution < 1.29 is 27.1 Å². The van der Waals surface area contributed by atoms with Crippen molar-refractivity contribution in [3.05, 3.63) is 35.9 Å². The first-order chi connectivity index (χ1) is 16.1. The molecule has 13 heteroatoms. The first-order valence-corrected chi connectivity index (χ1v) is 10.9. The van der Waals surface area contributed by atoms with Crippen molar-refractivity contribution in [2.75, 3.05) is 5.32 Å². The van der Waals surface area contributed by atoms with Crippen LogP contribution in [0.4, 0.5) is 34.1 Å². The molecule has 3 atom stereocenters. The van der Waals surface area contributed by atoms with Gasteiger partial charge in [0.2, 0.25) is 5.95 Å². The molecule has 182 valence electrons. The maximum atomic E-state index is 15.0. The summed E-state index contributed by atoms with van der Waals surface area (Å²) in [5.74, 6) is -0.00376. The van der Waals surface area contributed by atoms with Gasteiger partial charge in [-0.25, -0.2) is 19.2 Å². The fourth-order valence-corrected chi connectivity index (χ4v) is 4.16. The molecule has 0 bridgehead atoms. The largest absolute Gasteiger partial charge is 0.443 e. The summed E-state index contributed by atoms with van der Waals surface area (Å²) in [5, 5.41) is 12.6. The molecule has 0 radical (unpaired) electrons. The van der Waals surface area contributed by atoms with Gasteiger partial charge in [0, 0.05) is 35.6 Å². The van der Waals surface area contributed by atoms with Crippen LogP contribution in [0.3, 0.4) is 0 Å². The highest BCUT2D eigenvalue weighted by atomic mass is 19.4. The molecule has 0 saturated heterocycles. The Kier molecular flexibility index (Phi) is 5.36. The summed E-state index contributed by atoms with van der Waals surface area (Å²) in [7, 11) is 0. The highest BCUT2D eigenvalue weighted by Crippen LogP contribution is 2.39. The molecule has 0 aliphatic heterocycles. The van der Waals surface area contributed by atoms with Gasteiger partial charge in [-0.2, -0.15) is 18.3 Å². The van der Waals surface area contributed by atoms with Crippen molar-refractivity contribution in [2.45, 2.75) is 68.9 Å². The number of aromatic amines is 1. The third-order valence-electron chi connectivity index (χ3n) is 6.21. The third kappa shape index (κ3) is 4.77. The van der Waals surface area contributed by atoms with Crippen LogP contribution in [0.5, 0.6) is 0 Å². The van der Waals surface area contributed by atoms with E-state index < -0.39 is 36.9 Å². The SMILES string of the molecule is CC1(NC(=O)O[C@@H]2CC[C@H](c3cc(Nc4nccc5nc(CC(F)(F)F)cn45)n[nH]3)[C@H]2F)CC1. The smallest absolute Gasteiger partial charge is 0.407 e. The summed E-state index contributed by atoms with van der Waals surface area (Å²) in [4.78, 5) is 20.2. The fraction of sp³-hybridized carbons (Fsp3) is 0.524. The van der Waals surface area contributed by atoms with Crippen molar-refractivity contribution in [2.24, 2.45) is 0 Å². The summed E-state index contributed by atoms with van der Waals surface area (Å²) in [6, 6.07) is 3.10. The normalized spacial score (nSPS) is 23.7. The highest BCUT2D eigenvalue weighted by molar-refractivity contribution is 5.69. The van der Waals surface area contributed by atoms with Gasteiger partial charge in [0.25, 0.3) is 0 Å². The van der Waals surface area contributed by atoms with E-state index in [1.54, 1.807) is 6.07 Å². The van der Waals surface area contributed by atoms with Crippen LogP contribution in [-0.2, 0) is 11.2 Å². The number of amides is 1. The van der Waals surface area contributed by atoms with E-state index in [4.69, 9.17) is 4.74 Å². The zero-order valence-corrected chi connectivity index (χ0v) is 18.2. The number of nitrogens with one attached hydrogen (secondary N) is 3. The van der Waals surface area contributed by atoms with Crippen LogP contribution in [0.1, 0.15) is 49.9 Å². The lowest BCUT2D eigenvalue weighted by Gasteiger charge is -2.19. The second kappa shape index (κ2) is 8.13. The van der Waals surface area contributed by atoms with Gasteiger partial charge in [-0.3, -0.25) is 9.50 Å². The molecule has 2 fully saturated rings. The number of nitrogens with zero attached hydrogens (tertiary/aromatic N) is 4. The number of carbonyl (C=O) groups is 1. The van der Waals surface area contributed by atoms with Gasteiger partial charge in [0.05, 0.1) is 12.1 Å². The maximum absolute atomic E-state index is 15.0. The van der Waals surface area contributed by atoms with Crippen LogP contribution in [-0.4, -0.2) is 54.7 Å². The van der Waals surface area contributed by atoms with Crippen LogP contribution < -0.4 is 10.6 Å². The number of aromatic nitrogens is 5. The molecule has 3 aromatic rings.